The predicted molar refractivity (Wildman–Crippen MR) is 90.1 cm³/mol. The molecule has 6 nitrogen and oxygen atoms in total. The van der Waals surface area contributed by atoms with E-state index in [1.54, 1.807) is 14.2 Å². The van der Waals surface area contributed by atoms with E-state index in [1.165, 1.54) is 0 Å². The van der Waals surface area contributed by atoms with Gasteiger partial charge in [-0.15, -0.1) is 10.2 Å². The molecule has 0 fully saturated rings. The van der Waals surface area contributed by atoms with Gasteiger partial charge in [0.15, 0.2) is 0 Å². The minimum Gasteiger partial charge on any atom is -0.497 e. The first-order valence-electron chi connectivity index (χ1n) is 7.42. The van der Waals surface area contributed by atoms with E-state index >= 15 is 0 Å². The summed E-state index contributed by atoms with van der Waals surface area (Å²) in [5.41, 5.74) is 2.48. The molecule has 0 spiro atoms. The number of hydrogen-bond donors (Lipinski definition) is 1. The number of methoxy groups -OCH3 is 2. The lowest BCUT2D eigenvalue weighted by Gasteiger charge is -2.04. The van der Waals surface area contributed by atoms with Gasteiger partial charge in [-0.25, -0.2) is 0 Å². The van der Waals surface area contributed by atoms with Crippen molar-refractivity contribution in [3.8, 4) is 34.5 Å². The fourth-order valence-corrected chi connectivity index (χ4v) is 2.61. The summed E-state index contributed by atoms with van der Waals surface area (Å²) < 4.78 is 16.5. The maximum Gasteiger partial charge on any atom is 0.264 e. The molecule has 2 aromatic carbocycles. The van der Waals surface area contributed by atoms with Gasteiger partial charge in [0.05, 0.1) is 19.7 Å². The number of aromatic amines is 1. The summed E-state index contributed by atoms with van der Waals surface area (Å²) in [6.07, 6.45) is 0. The van der Waals surface area contributed by atoms with Crippen LogP contribution in [-0.2, 0) is 0 Å². The highest BCUT2D eigenvalue weighted by atomic mass is 16.5. The van der Waals surface area contributed by atoms with Crippen LogP contribution >= 0.6 is 0 Å². The van der Waals surface area contributed by atoms with Crippen LogP contribution in [0.3, 0.4) is 0 Å². The van der Waals surface area contributed by atoms with Crippen LogP contribution in [-0.4, -0.2) is 29.4 Å². The van der Waals surface area contributed by atoms with Gasteiger partial charge in [-0.2, -0.15) is 0 Å². The van der Waals surface area contributed by atoms with Crippen LogP contribution in [0.25, 0.3) is 33.9 Å². The van der Waals surface area contributed by atoms with Crippen LogP contribution in [0.1, 0.15) is 0 Å². The molecule has 1 N–H and O–H groups in total. The van der Waals surface area contributed by atoms with Crippen molar-refractivity contribution in [2.45, 2.75) is 0 Å². The van der Waals surface area contributed by atoms with Crippen molar-refractivity contribution < 1.29 is 13.9 Å². The molecule has 0 bridgehead atoms. The summed E-state index contributed by atoms with van der Waals surface area (Å²) >= 11 is 0. The Labute approximate surface area is 138 Å². The Bertz CT molecular complexity index is 989. The number of aromatic nitrogens is 3. The van der Waals surface area contributed by atoms with Gasteiger partial charge < -0.3 is 18.9 Å². The summed E-state index contributed by atoms with van der Waals surface area (Å²) in [7, 11) is 3.25. The van der Waals surface area contributed by atoms with E-state index in [0.29, 0.717) is 17.5 Å². The third-order valence-corrected chi connectivity index (χ3v) is 3.81. The van der Waals surface area contributed by atoms with Crippen LogP contribution in [0, 0.1) is 0 Å². The van der Waals surface area contributed by atoms with Crippen molar-refractivity contribution in [1.29, 1.82) is 0 Å². The topological polar surface area (TPSA) is 73.2 Å². The molecule has 2 aromatic heterocycles. The Kier molecular flexibility index (Phi) is 3.42. The van der Waals surface area contributed by atoms with E-state index in [1.807, 2.05) is 48.5 Å². The lowest BCUT2D eigenvalue weighted by atomic mass is 10.2. The molecule has 0 aliphatic carbocycles. The molecule has 0 unspecified atom stereocenters. The van der Waals surface area contributed by atoms with Crippen molar-refractivity contribution in [2.24, 2.45) is 0 Å². The molecule has 0 aliphatic heterocycles. The highest BCUT2D eigenvalue weighted by molar-refractivity contribution is 5.91. The van der Waals surface area contributed by atoms with Crippen LogP contribution in [0.4, 0.5) is 0 Å². The smallest absolute Gasteiger partial charge is 0.264 e. The monoisotopic (exact) mass is 321 g/mol. The van der Waals surface area contributed by atoms with E-state index in [9.17, 15) is 0 Å². The maximum atomic E-state index is 5.79. The molecular formula is C18H15N3O3. The van der Waals surface area contributed by atoms with E-state index in [2.05, 4.69) is 15.2 Å². The Hall–Kier alpha value is -3.28. The Balaban J connectivity index is 1.78. The fraction of sp³-hybridized carbons (Fsp3) is 0.111. The Morgan fingerprint density at radius 2 is 1.71 bits per heavy atom. The van der Waals surface area contributed by atoms with Crippen LogP contribution in [0.2, 0.25) is 0 Å². The van der Waals surface area contributed by atoms with Crippen LogP contribution in [0.15, 0.2) is 52.9 Å². The normalized spacial score (nSPS) is 10.9. The molecule has 0 atom stereocenters. The van der Waals surface area contributed by atoms with Gasteiger partial charge in [0.1, 0.15) is 17.2 Å². The molecule has 0 radical (unpaired) electrons. The largest absolute Gasteiger partial charge is 0.497 e. The van der Waals surface area contributed by atoms with Crippen molar-refractivity contribution in [1.82, 2.24) is 15.2 Å². The second kappa shape index (κ2) is 5.73. The maximum absolute atomic E-state index is 5.79. The zero-order valence-electron chi connectivity index (χ0n) is 13.2. The van der Waals surface area contributed by atoms with E-state index < -0.39 is 0 Å². The summed E-state index contributed by atoms with van der Waals surface area (Å²) in [6.45, 7) is 0. The number of rotatable bonds is 4. The fourth-order valence-electron chi connectivity index (χ4n) is 2.61. The van der Waals surface area contributed by atoms with Gasteiger partial charge in [0.2, 0.25) is 5.89 Å². The number of benzene rings is 2. The molecule has 0 saturated carbocycles. The number of nitrogens with zero attached hydrogens (tertiary/aromatic N) is 2. The summed E-state index contributed by atoms with van der Waals surface area (Å²) in [4.78, 5) is 3.27. The third-order valence-electron chi connectivity index (χ3n) is 3.81. The van der Waals surface area contributed by atoms with Gasteiger partial charge >= 0.3 is 0 Å². The SMILES string of the molecule is COc1cc(OC)c2cc(-c3nnc(-c4ccccc4)o3)[nH]c2c1. The zero-order chi connectivity index (χ0) is 16.5. The van der Waals surface area contributed by atoms with Gasteiger partial charge in [-0.05, 0) is 18.2 Å². The molecule has 4 rings (SSSR count). The predicted octanol–water partition coefficient (Wildman–Crippen LogP) is 3.90. The average molecular weight is 321 g/mol. The van der Waals surface area contributed by atoms with Gasteiger partial charge in [0.25, 0.3) is 5.89 Å². The number of nitrogens with one attached hydrogen (secondary N) is 1. The number of fused-ring (bicyclic) bond motifs is 1. The zero-order valence-corrected chi connectivity index (χ0v) is 13.2. The number of hydrogen-bond acceptors (Lipinski definition) is 5. The van der Waals surface area contributed by atoms with Gasteiger partial charge in [0, 0.05) is 23.1 Å². The first-order valence-corrected chi connectivity index (χ1v) is 7.42. The minimum atomic E-state index is 0.422. The summed E-state index contributed by atoms with van der Waals surface area (Å²) in [5, 5.41) is 9.18. The Morgan fingerprint density at radius 3 is 2.46 bits per heavy atom. The lowest BCUT2D eigenvalue weighted by Crippen LogP contribution is -1.87. The number of H-pyrrole nitrogens is 1. The van der Waals surface area contributed by atoms with E-state index in [0.717, 1.165) is 27.9 Å². The lowest BCUT2D eigenvalue weighted by molar-refractivity contribution is 0.398. The molecule has 4 aromatic rings. The molecule has 0 aliphatic rings. The molecular weight excluding hydrogens is 306 g/mol. The average Bonchev–Trinajstić information content (AvgIpc) is 3.28. The molecule has 0 saturated heterocycles. The van der Waals surface area contributed by atoms with Crippen molar-refractivity contribution >= 4 is 10.9 Å². The summed E-state index contributed by atoms with van der Waals surface area (Å²) in [6, 6.07) is 15.3. The first kappa shape index (κ1) is 14.3. The van der Waals surface area contributed by atoms with Gasteiger partial charge in [-0.1, -0.05) is 18.2 Å². The van der Waals surface area contributed by atoms with Crippen molar-refractivity contribution in [3.63, 3.8) is 0 Å². The van der Waals surface area contributed by atoms with Gasteiger partial charge in [-0.3, -0.25) is 0 Å². The number of ether oxygens (including phenoxy) is 2. The second-order valence-corrected chi connectivity index (χ2v) is 5.25. The quantitative estimate of drug-likeness (QED) is 0.617. The first-order chi connectivity index (χ1) is 11.8. The molecule has 6 heteroatoms. The second-order valence-electron chi connectivity index (χ2n) is 5.25. The van der Waals surface area contributed by atoms with E-state index in [-0.39, 0.29) is 0 Å². The van der Waals surface area contributed by atoms with Crippen molar-refractivity contribution in [3.05, 3.63) is 48.5 Å². The highest BCUT2D eigenvalue weighted by Gasteiger charge is 2.15. The Morgan fingerprint density at radius 1 is 0.917 bits per heavy atom. The molecule has 24 heavy (non-hydrogen) atoms. The molecule has 0 amide bonds. The standard InChI is InChI=1S/C18H15N3O3/c1-22-12-8-14-13(16(9-12)23-2)10-15(19-14)18-21-20-17(24-18)11-6-4-3-5-7-11/h3-10,19H,1-2H3. The van der Waals surface area contributed by atoms with Crippen molar-refractivity contribution in [2.75, 3.05) is 14.2 Å². The van der Waals surface area contributed by atoms with E-state index in [4.69, 9.17) is 13.9 Å². The third kappa shape index (κ3) is 2.38. The highest BCUT2D eigenvalue weighted by Crippen LogP contribution is 2.34. The molecule has 120 valence electrons. The minimum absolute atomic E-state index is 0.422. The van der Waals surface area contributed by atoms with Crippen LogP contribution in [0.5, 0.6) is 11.5 Å². The molecule has 2 heterocycles. The summed E-state index contributed by atoms with van der Waals surface area (Å²) in [5.74, 6) is 2.33. The van der Waals surface area contributed by atoms with Crippen LogP contribution < -0.4 is 9.47 Å².